The first kappa shape index (κ1) is 21.8. The molecule has 3 N–H and O–H groups in total. The number of aromatic amines is 1. The first-order valence-electron chi connectivity index (χ1n) is 9.99. The summed E-state index contributed by atoms with van der Waals surface area (Å²) in [7, 11) is 0. The van der Waals surface area contributed by atoms with Crippen LogP contribution in [-0.4, -0.2) is 20.9 Å². The van der Waals surface area contributed by atoms with Gasteiger partial charge in [-0.2, -0.15) is 0 Å². The molecule has 0 bridgehead atoms. The van der Waals surface area contributed by atoms with E-state index in [1.165, 1.54) is 11.1 Å². The monoisotopic (exact) mass is 626 g/mol. The van der Waals surface area contributed by atoms with E-state index in [0.29, 0.717) is 28.7 Å². The topological polar surface area (TPSA) is 68.6 Å². The fourth-order valence-corrected chi connectivity index (χ4v) is 6.27. The van der Waals surface area contributed by atoms with Crippen molar-refractivity contribution in [2.75, 3.05) is 0 Å². The Kier molecular flexibility index (Phi) is 6.02. The van der Waals surface area contributed by atoms with Crippen LogP contribution in [0.3, 0.4) is 0 Å². The van der Waals surface area contributed by atoms with E-state index >= 15 is 0 Å². The molecule has 1 atom stereocenters. The number of aliphatic imine (C=N–C) groups is 1. The fraction of sp³-hybridized carbons (Fsp3) is 0.292. The van der Waals surface area contributed by atoms with Gasteiger partial charge < -0.3 is 15.2 Å². The van der Waals surface area contributed by atoms with Gasteiger partial charge in [0.1, 0.15) is 0 Å². The molecule has 0 radical (unpaired) electrons. The maximum atomic E-state index is 10.8. The highest BCUT2D eigenvalue weighted by Crippen LogP contribution is 2.43. The summed E-state index contributed by atoms with van der Waals surface area (Å²) >= 11 is 4.68. The molecule has 4 rings (SSSR count). The number of fused-ring (bicyclic) bond motifs is 1. The normalized spacial score (nSPS) is 15.8. The second-order valence-electron chi connectivity index (χ2n) is 8.27. The average Bonchev–Trinajstić information content (AvgIpc) is 3.19. The Morgan fingerprint density at radius 3 is 1.97 bits per heavy atom. The number of H-pyrrole nitrogens is 1. The van der Waals surface area contributed by atoms with E-state index in [-0.39, 0.29) is 5.88 Å². The predicted molar refractivity (Wildman–Crippen MR) is 139 cm³/mol. The standard InChI is InChI=1S/C24H24I2N2O2/c1-11(2)15-7-5-13(9-17(15)25)21-19-20(24(30)27-21)22(28-23(19)29)14-6-8-16(12(3)4)18(26)10-14/h5-12,23,27,29-30H,1-4H3. The van der Waals surface area contributed by atoms with E-state index < -0.39 is 6.23 Å². The summed E-state index contributed by atoms with van der Waals surface area (Å²) in [6, 6.07) is 12.4. The maximum absolute atomic E-state index is 10.8. The molecule has 1 aliphatic rings. The predicted octanol–water partition coefficient (Wildman–Crippen LogP) is 6.69. The van der Waals surface area contributed by atoms with Crippen LogP contribution in [0.2, 0.25) is 0 Å². The summed E-state index contributed by atoms with van der Waals surface area (Å²) in [5, 5.41) is 21.5. The lowest BCUT2D eigenvalue weighted by atomic mass is 9.96. The molecule has 156 valence electrons. The molecule has 0 aliphatic carbocycles. The second kappa shape index (κ2) is 8.27. The number of aliphatic hydroxyl groups excluding tert-OH is 1. The Morgan fingerprint density at radius 1 is 0.900 bits per heavy atom. The van der Waals surface area contributed by atoms with Gasteiger partial charge in [0.05, 0.1) is 17.0 Å². The van der Waals surface area contributed by atoms with Crippen LogP contribution in [0.15, 0.2) is 41.4 Å². The van der Waals surface area contributed by atoms with Crippen molar-refractivity contribution < 1.29 is 10.2 Å². The lowest BCUT2D eigenvalue weighted by Gasteiger charge is -2.11. The van der Waals surface area contributed by atoms with Crippen molar-refractivity contribution in [1.82, 2.24) is 4.98 Å². The van der Waals surface area contributed by atoms with Crippen molar-refractivity contribution >= 4 is 50.9 Å². The number of nitrogens with one attached hydrogen (secondary N) is 1. The van der Waals surface area contributed by atoms with E-state index in [0.717, 1.165) is 24.0 Å². The highest BCUT2D eigenvalue weighted by Gasteiger charge is 2.33. The van der Waals surface area contributed by atoms with Gasteiger partial charge in [-0.15, -0.1) is 0 Å². The van der Waals surface area contributed by atoms with Crippen molar-refractivity contribution in [1.29, 1.82) is 0 Å². The van der Waals surface area contributed by atoms with Gasteiger partial charge in [0.15, 0.2) is 12.1 Å². The molecule has 3 aromatic rings. The molecule has 0 fully saturated rings. The molecule has 0 saturated heterocycles. The SMILES string of the molecule is CC(C)c1ccc(C2=NC(O)c3c(-c4ccc(C(C)C)c(I)c4)[nH]c(O)c32)cc1I. The number of aromatic nitrogens is 1. The molecule has 6 heteroatoms. The summed E-state index contributed by atoms with van der Waals surface area (Å²) in [5.41, 5.74) is 6.95. The number of benzene rings is 2. The number of hydrogen-bond acceptors (Lipinski definition) is 3. The van der Waals surface area contributed by atoms with Crippen LogP contribution < -0.4 is 0 Å². The van der Waals surface area contributed by atoms with Gasteiger partial charge in [-0.25, -0.2) is 4.99 Å². The van der Waals surface area contributed by atoms with Crippen molar-refractivity contribution in [2.24, 2.45) is 4.99 Å². The molecule has 0 amide bonds. The number of nitrogens with zero attached hydrogens (tertiary/aromatic N) is 1. The zero-order chi connectivity index (χ0) is 21.7. The second-order valence-corrected chi connectivity index (χ2v) is 10.6. The van der Waals surface area contributed by atoms with Gasteiger partial charge in [-0.1, -0.05) is 52.0 Å². The van der Waals surface area contributed by atoms with E-state index in [2.05, 4.69) is 107 Å². The van der Waals surface area contributed by atoms with Gasteiger partial charge in [0, 0.05) is 18.3 Å². The Labute approximate surface area is 204 Å². The van der Waals surface area contributed by atoms with Crippen LogP contribution in [0.5, 0.6) is 5.88 Å². The zero-order valence-electron chi connectivity index (χ0n) is 17.3. The van der Waals surface area contributed by atoms with Crippen LogP contribution >= 0.6 is 45.2 Å². The molecule has 30 heavy (non-hydrogen) atoms. The van der Waals surface area contributed by atoms with E-state index in [9.17, 15) is 10.2 Å². The quantitative estimate of drug-likeness (QED) is 0.283. The summed E-state index contributed by atoms with van der Waals surface area (Å²) in [6.45, 7) is 8.68. The first-order chi connectivity index (χ1) is 14.2. The Balaban J connectivity index is 1.80. The molecule has 1 aromatic heterocycles. The number of rotatable bonds is 4. The Bertz CT molecular complexity index is 1160. The molecule has 0 spiro atoms. The van der Waals surface area contributed by atoms with Gasteiger partial charge in [-0.3, -0.25) is 0 Å². The molecular formula is C24H24I2N2O2. The molecule has 1 aliphatic heterocycles. The molecule has 4 nitrogen and oxygen atoms in total. The lowest BCUT2D eigenvalue weighted by Crippen LogP contribution is -2.02. The van der Waals surface area contributed by atoms with Crippen molar-refractivity contribution in [3.63, 3.8) is 0 Å². The molecule has 0 saturated carbocycles. The summed E-state index contributed by atoms with van der Waals surface area (Å²) in [5.74, 6) is 0.910. The number of aliphatic hydroxyl groups is 1. The van der Waals surface area contributed by atoms with Crippen LogP contribution in [0.4, 0.5) is 0 Å². The third-order valence-corrected chi connectivity index (χ3v) is 7.44. The Hall–Kier alpha value is -1.39. The van der Waals surface area contributed by atoms with Crippen LogP contribution in [0.25, 0.3) is 11.3 Å². The first-order valence-corrected chi connectivity index (χ1v) is 12.2. The third-order valence-electron chi connectivity index (χ3n) is 5.57. The summed E-state index contributed by atoms with van der Waals surface area (Å²) in [4.78, 5) is 7.60. The Morgan fingerprint density at radius 2 is 1.43 bits per heavy atom. The molecule has 2 heterocycles. The number of hydrogen-bond donors (Lipinski definition) is 3. The summed E-state index contributed by atoms with van der Waals surface area (Å²) in [6.07, 6.45) is -1.01. The van der Waals surface area contributed by atoms with Gasteiger partial charge >= 0.3 is 0 Å². The van der Waals surface area contributed by atoms with Crippen molar-refractivity contribution in [2.45, 2.75) is 45.8 Å². The average molecular weight is 626 g/mol. The minimum atomic E-state index is -1.01. The number of halogens is 2. The number of aromatic hydroxyl groups is 1. The van der Waals surface area contributed by atoms with Crippen LogP contribution in [0, 0.1) is 7.14 Å². The third kappa shape index (κ3) is 3.71. The highest BCUT2D eigenvalue weighted by atomic mass is 127. The zero-order valence-corrected chi connectivity index (χ0v) is 21.6. The van der Waals surface area contributed by atoms with Gasteiger partial charge in [0.25, 0.3) is 0 Å². The smallest absolute Gasteiger partial charge is 0.198 e. The summed E-state index contributed by atoms with van der Waals surface area (Å²) < 4.78 is 2.32. The van der Waals surface area contributed by atoms with Gasteiger partial charge in [-0.05, 0) is 85.8 Å². The highest BCUT2D eigenvalue weighted by molar-refractivity contribution is 14.1. The molecular weight excluding hydrogens is 602 g/mol. The minimum absolute atomic E-state index is 0.0428. The maximum Gasteiger partial charge on any atom is 0.198 e. The van der Waals surface area contributed by atoms with E-state index in [1.54, 1.807) is 0 Å². The molecule has 2 aromatic carbocycles. The lowest BCUT2D eigenvalue weighted by molar-refractivity contribution is 0.193. The minimum Gasteiger partial charge on any atom is -0.494 e. The van der Waals surface area contributed by atoms with Crippen molar-refractivity contribution in [3.05, 3.63) is 71.4 Å². The van der Waals surface area contributed by atoms with E-state index in [4.69, 9.17) is 0 Å². The van der Waals surface area contributed by atoms with Crippen LogP contribution in [0.1, 0.15) is 73.6 Å². The van der Waals surface area contributed by atoms with E-state index in [1.807, 2.05) is 12.1 Å². The van der Waals surface area contributed by atoms with Crippen molar-refractivity contribution in [3.8, 4) is 17.1 Å². The van der Waals surface area contributed by atoms with Crippen LogP contribution in [-0.2, 0) is 0 Å². The largest absolute Gasteiger partial charge is 0.494 e. The molecule has 1 unspecified atom stereocenters. The van der Waals surface area contributed by atoms with Gasteiger partial charge in [0.2, 0.25) is 0 Å². The fourth-order valence-electron chi connectivity index (χ4n) is 3.99.